The predicted molar refractivity (Wildman–Crippen MR) is 72.4 cm³/mol. The molecule has 0 spiro atoms. The molecule has 0 unspecified atom stereocenters. The molecule has 0 aliphatic carbocycles. The number of aromatic nitrogens is 1. The van der Waals surface area contributed by atoms with Gasteiger partial charge in [0, 0.05) is 0 Å². The summed E-state index contributed by atoms with van der Waals surface area (Å²) in [4.78, 5) is 2.92. The summed E-state index contributed by atoms with van der Waals surface area (Å²) in [5.74, 6) is -1.90. The first-order valence-corrected chi connectivity index (χ1v) is 7.09. The van der Waals surface area contributed by atoms with Crippen LogP contribution in [-0.2, 0) is 10.0 Å². The normalized spacial score (nSPS) is 11.2. The van der Waals surface area contributed by atoms with Crippen molar-refractivity contribution in [1.29, 1.82) is 0 Å². The van der Waals surface area contributed by atoms with Crippen LogP contribution in [0.25, 0.3) is 0 Å². The van der Waals surface area contributed by atoms with E-state index < -0.39 is 21.8 Å². The summed E-state index contributed by atoms with van der Waals surface area (Å²) in [7, 11) is -2.87. The van der Waals surface area contributed by atoms with Gasteiger partial charge in [-0.1, -0.05) is 0 Å². The molecule has 2 rings (SSSR count). The second kappa shape index (κ2) is 5.52. The highest BCUT2D eigenvalue weighted by atomic mass is 32.2. The third kappa shape index (κ3) is 3.19. The van der Waals surface area contributed by atoms with Gasteiger partial charge in [-0.2, -0.15) is 4.39 Å². The van der Waals surface area contributed by atoms with E-state index in [1.807, 2.05) is 0 Å². The summed E-state index contributed by atoms with van der Waals surface area (Å²) < 4.78 is 57.4. The van der Waals surface area contributed by atoms with E-state index in [1.54, 1.807) is 0 Å². The zero-order chi connectivity index (χ0) is 15.6. The number of sulfonamides is 1. The Balaban J connectivity index is 2.38. The van der Waals surface area contributed by atoms with Gasteiger partial charge in [-0.3, -0.25) is 4.72 Å². The zero-order valence-electron chi connectivity index (χ0n) is 10.8. The van der Waals surface area contributed by atoms with Gasteiger partial charge in [0.05, 0.1) is 29.6 Å². The van der Waals surface area contributed by atoms with Gasteiger partial charge in [-0.25, -0.2) is 17.8 Å². The average Bonchev–Trinajstić information content (AvgIpc) is 2.41. The number of nitrogens with two attached hydrogens (primary N) is 1. The summed E-state index contributed by atoms with van der Waals surface area (Å²) in [6.45, 7) is 0. The van der Waals surface area contributed by atoms with Crippen LogP contribution >= 0.6 is 0 Å². The van der Waals surface area contributed by atoms with Crippen LogP contribution in [-0.4, -0.2) is 20.5 Å². The predicted octanol–water partition coefficient (Wildman–Crippen LogP) is 1.75. The van der Waals surface area contributed by atoms with Gasteiger partial charge in [0.15, 0.2) is 11.6 Å². The summed E-state index contributed by atoms with van der Waals surface area (Å²) >= 11 is 0. The molecule has 112 valence electrons. The number of ether oxygens (including phenoxy) is 1. The van der Waals surface area contributed by atoms with Crippen LogP contribution in [0, 0.1) is 11.8 Å². The van der Waals surface area contributed by atoms with Gasteiger partial charge in [0.1, 0.15) is 0 Å². The molecule has 0 bridgehead atoms. The van der Waals surface area contributed by atoms with Crippen LogP contribution in [0.4, 0.5) is 20.2 Å². The fourth-order valence-electron chi connectivity index (χ4n) is 1.61. The Morgan fingerprint density at radius 2 is 2.00 bits per heavy atom. The topological polar surface area (TPSA) is 94.3 Å². The minimum Gasteiger partial charge on any atom is -0.492 e. The second-order valence-corrected chi connectivity index (χ2v) is 5.69. The highest BCUT2D eigenvalue weighted by molar-refractivity contribution is 7.92. The molecule has 2 aromatic rings. The summed E-state index contributed by atoms with van der Waals surface area (Å²) in [6.07, 6.45) is 0.996. The minimum absolute atomic E-state index is 0.0335. The third-order valence-electron chi connectivity index (χ3n) is 2.54. The van der Waals surface area contributed by atoms with Crippen molar-refractivity contribution in [1.82, 2.24) is 4.98 Å². The Labute approximate surface area is 119 Å². The number of rotatable bonds is 4. The third-order valence-corrected chi connectivity index (χ3v) is 3.90. The lowest BCUT2D eigenvalue weighted by Gasteiger charge is -2.11. The number of pyridine rings is 1. The Morgan fingerprint density at radius 3 is 2.52 bits per heavy atom. The van der Waals surface area contributed by atoms with Crippen molar-refractivity contribution in [3.63, 3.8) is 0 Å². The highest BCUT2D eigenvalue weighted by Crippen LogP contribution is 2.29. The number of methoxy groups -OCH3 is 1. The Kier molecular flexibility index (Phi) is 3.94. The molecule has 0 aliphatic rings. The Hall–Kier alpha value is -2.42. The molecule has 6 nitrogen and oxygen atoms in total. The monoisotopic (exact) mass is 315 g/mol. The Bertz CT molecular complexity index is 741. The van der Waals surface area contributed by atoms with Crippen LogP contribution in [0.1, 0.15) is 0 Å². The Morgan fingerprint density at radius 1 is 1.29 bits per heavy atom. The molecule has 0 saturated carbocycles. The van der Waals surface area contributed by atoms with Crippen molar-refractivity contribution in [2.45, 2.75) is 4.90 Å². The molecule has 1 aromatic carbocycles. The SMILES string of the molecule is COc1c(N)cc(S(=O)(=O)Nc2ccc(F)nc2)cc1F. The number of anilines is 2. The number of halogens is 2. The van der Waals surface area contributed by atoms with Crippen LogP contribution in [0.5, 0.6) is 5.75 Å². The van der Waals surface area contributed by atoms with E-state index in [4.69, 9.17) is 10.5 Å². The van der Waals surface area contributed by atoms with Gasteiger partial charge < -0.3 is 10.5 Å². The maximum absolute atomic E-state index is 13.7. The lowest BCUT2D eigenvalue weighted by atomic mass is 10.3. The number of hydrogen-bond donors (Lipinski definition) is 2. The average molecular weight is 315 g/mol. The number of nitrogens with zero attached hydrogens (tertiary/aromatic N) is 1. The number of hydrogen-bond acceptors (Lipinski definition) is 5. The summed E-state index contributed by atoms with van der Waals surface area (Å²) in [5, 5.41) is 0. The molecular formula is C12H11F2N3O3S. The standard InChI is InChI=1S/C12H11F2N3O3S/c1-20-12-9(13)4-8(5-10(12)15)21(18,19)17-7-2-3-11(14)16-6-7/h2-6,17H,15H2,1H3. The lowest BCUT2D eigenvalue weighted by Crippen LogP contribution is -2.14. The first-order valence-electron chi connectivity index (χ1n) is 5.61. The quantitative estimate of drug-likeness (QED) is 0.662. The van der Waals surface area contributed by atoms with Gasteiger partial charge >= 0.3 is 0 Å². The zero-order valence-corrected chi connectivity index (χ0v) is 11.6. The second-order valence-electron chi connectivity index (χ2n) is 4.00. The van der Waals surface area contributed by atoms with Gasteiger partial charge in [0.2, 0.25) is 5.95 Å². The maximum atomic E-state index is 13.7. The first-order chi connectivity index (χ1) is 9.83. The van der Waals surface area contributed by atoms with E-state index in [-0.39, 0.29) is 22.0 Å². The molecule has 9 heteroatoms. The molecule has 0 radical (unpaired) electrons. The van der Waals surface area contributed by atoms with Crippen LogP contribution in [0.2, 0.25) is 0 Å². The molecule has 0 amide bonds. The van der Waals surface area contributed by atoms with Crippen molar-refractivity contribution >= 4 is 21.4 Å². The fourth-order valence-corrected chi connectivity index (χ4v) is 2.70. The lowest BCUT2D eigenvalue weighted by molar-refractivity contribution is 0.388. The van der Waals surface area contributed by atoms with E-state index in [0.717, 1.165) is 24.4 Å². The summed E-state index contributed by atoms with van der Waals surface area (Å²) in [6, 6.07) is 4.00. The van der Waals surface area contributed by atoms with E-state index in [9.17, 15) is 17.2 Å². The molecule has 21 heavy (non-hydrogen) atoms. The smallest absolute Gasteiger partial charge is 0.262 e. The van der Waals surface area contributed by atoms with Gasteiger partial charge in [0.25, 0.3) is 10.0 Å². The van der Waals surface area contributed by atoms with Crippen molar-refractivity contribution in [3.8, 4) is 5.75 Å². The molecule has 0 fully saturated rings. The van der Waals surface area contributed by atoms with E-state index in [0.29, 0.717) is 0 Å². The molecular weight excluding hydrogens is 304 g/mol. The van der Waals surface area contributed by atoms with Crippen LogP contribution in [0.3, 0.4) is 0 Å². The first kappa shape index (κ1) is 15.0. The maximum Gasteiger partial charge on any atom is 0.262 e. The molecule has 1 aromatic heterocycles. The highest BCUT2D eigenvalue weighted by Gasteiger charge is 2.19. The molecule has 0 saturated heterocycles. The minimum atomic E-state index is -4.08. The van der Waals surface area contributed by atoms with Crippen LogP contribution in [0.15, 0.2) is 35.4 Å². The van der Waals surface area contributed by atoms with Gasteiger partial charge in [-0.05, 0) is 24.3 Å². The van der Waals surface area contributed by atoms with Crippen molar-refractivity contribution in [2.24, 2.45) is 0 Å². The van der Waals surface area contributed by atoms with Crippen molar-refractivity contribution < 1.29 is 21.9 Å². The molecule has 3 N–H and O–H groups in total. The van der Waals surface area contributed by atoms with Crippen molar-refractivity contribution in [2.75, 3.05) is 17.6 Å². The number of benzene rings is 1. The number of nitrogens with one attached hydrogen (secondary N) is 1. The fraction of sp³-hybridized carbons (Fsp3) is 0.0833. The number of nitrogen functional groups attached to an aromatic ring is 1. The van der Waals surface area contributed by atoms with E-state index >= 15 is 0 Å². The van der Waals surface area contributed by atoms with E-state index in [1.165, 1.54) is 13.2 Å². The molecule has 0 aliphatic heterocycles. The van der Waals surface area contributed by atoms with E-state index in [2.05, 4.69) is 9.71 Å². The summed E-state index contributed by atoms with van der Waals surface area (Å²) in [5.41, 5.74) is 5.40. The van der Waals surface area contributed by atoms with Gasteiger partial charge in [-0.15, -0.1) is 0 Å². The largest absolute Gasteiger partial charge is 0.492 e. The van der Waals surface area contributed by atoms with Crippen molar-refractivity contribution in [3.05, 3.63) is 42.2 Å². The van der Waals surface area contributed by atoms with Crippen LogP contribution < -0.4 is 15.2 Å². The molecule has 0 atom stereocenters. The molecule has 1 heterocycles.